The molecule has 110 valence electrons. The van der Waals surface area contributed by atoms with E-state index >= 15 is 0 Å². The lowest BCUT2D eigenvalue weighted by molar-refractivity contribution is -0.116. The summed E-state index contributed by atoms with van der Waals surface area (Å²) in [6, 6.07) is 6.87. The van der Waals surface area contributed by atoms with Crippen LogP contribution >= 0.6 is 0 Å². The predicted molar refractivity (Wildman–Crippen MR) is 80.8 cm³/mol. The molecule has 0 atom stereocenters. The van der Waals surface area contributed by atoms with Gasteiger partial charge in [0.1, 0.15) is 0 Å². The Kier molecular flexibility index (Phi) is 5.70. The van der Waals surface area contributed by atoms with Crippen molar-refractivity contribution in [1.29, 1.82) is 0 Å². The molecule has 5 nitrogen and oxygen atoms in total. The van der Waals surface area contributed by atoms with Crippen molar-refractivity contribution in [2.45, 2.75) is 32.7 Å². The quantitative estimate of drug-likeness (QED) is 0.768. The summed E-state index contributed by atoms with van der Waals surface area (Å²) in [5.74, 6) is -0.170. The van der Waals surface area contributed by atoms with E-state index in [-0.39, 0.29) is 17.4 Å². The summed E-state index contributed by atoms with van der Waals surface area (Å²) >= 11 is 0. The summed E-state index contributed by atoms with van der Waals surface area (Å²) in [6.07, 6.45) is 0.419. The molecule has 0 spiro atoms. The number of nitrogens with one attached hydrogen (secondary N) is 3. The normalized spacial score (nSPS) is 11.0. The molecule has 2 amide bonds. The topological polar surface area (TPSA) is 70.2 Å². The van der Waals surface area contributed by atoms with Crippen molar-refractivity contribution in [3.05, 3.63) is 29.8 Å². The van der Waals surface area contributed by atoms with Crippen LogP contribution in [0.4, 0.5) is 5.69 Å². The first-order chi connectivity index (χ1) is 9.31. The maximum absolute atomic E-state index is 11.9. The first-order valence-electron chi connectivity index (χ1n) is 6.69. The molecule has 0 fully saturated rings. The largest absolute Gasteiger partial charge is 0.347 e. The highest BCUT2D eigenvalue weighted by atomic mass is 16.2. The molecular formula is C15H23N3O2. The van der Waals surface area contributed by atoms with Crippen molar-refractivity contribution < 1.29 is 9.59 Å². The first kappa shape index (κ1) is 16.2. The van der Waals surface area contributed by atoms with Crippen molar-refractivity contribution in [3.8, 4) is 0 Å². The van der Waals surface area contributed by atoms with Crippen molar-refractivity contribution in [1.82, 2.24) is 10.6 Å². The molecule has 0 heterocycles. The zero-order valence-corrected chi connectivity index (χ0v) is 12.5. The molecular weight excluding hydrogens is 254 g/mol. The van der Waals surface area contributed by atoms with Gasteiger partial charge in [-0.3, -0.25) is 9.59 Å². The van der Waals surface area contributed by atoms with E-state index in [2.05, 4.69) is 16.0 Å². The minimum Gasteiger partial charge on any atom is -0.347 e. The predicted octanol–water partition coefficient (Wildman–Crippen LogP) is 1.76. The summed E-state index contributed by atoms with van der Waals surface area (Å²) in [4.78, 5) is 23.5. The number of hydrogen-bond acceptors (Lipinski definition) is 3. The molecule has 1 aromatic carbocycles. The highest BCUT2D eigenvalue weighted by molar-refractivity contribution is 5.96. The van der Waals surface area contributed by atoms with Gasteiger partial charge in [-0.25, -0.2) is 0 Å². The van der Waals surface area contributed by atoms with Crippen LogP contribution < -0.4 is 16.0 Å². The van der Waals surface area contributed by atoms with Crippen LogP contribution in [0.3, 0.4) is 0 Å². The Hall–Kier alpha value is -1.88. The monoisotopic (exact) mass is 277 g/mol. The molecule has 1 aromatic rings. The fourth-order valence-electron chi connectivity index (χ4n) is 1.58. The molecule has 0 saturated heterocycles. The second-order valence-corrected chi connectivity index (χ2v) is 5.68. The lowest BCUT2D eigenvalue weighted by Gasteiger charge is -2.20. The molecule has 0 radical (unpaired) electrons. The van der Waals surface area contributed by atoms with Gasteiger partial charge in [0.2, 0.25) is 5.91 Å². The molecule has 5 heteroatoms. The summed E-state index contributed by atoms with van der Waals surface area (Å²) in [5.41, 5.74) is 1.00. The van der Waals surface area contributed by atoms with Crippen LogP contribution in [0.15, 0.2) is 24.3 Å². The average Bonchev–Trinajstić information content (AvgIpc) is 2.35. The summed E-state index contributed by atoms with van der Waals surface area (Å²) in [7, 11) is 1.80. The Morgan fingerprint density at radius 3 is 2.20 bits per heavy atom. The van der Waals surface area contributed by atoms with Gasteiger partial charge in [0.15, 0.2) is 0 Å². The standard InChI is InChI=1S/C15H23N3O2/c1-15(2,3)18-14(20)11-5-7-12(8-6-11)17-13(19)9-10-16-4/h5-8,16H,9-10H2,1-4H3,(H,17,19)(H,18,20). The van der Waals surface area contributed by atoms with Gasteiger partial charge in [-0.1, -0.05) is 0 Å². The maximum Gasteiger partial charge on any atom is 0.251 e. The number of rotatable bonds is 5. The van der Waals surface area contributed by atoms with Gasteiger partial charge in [0.25, 0.3) is 5.91 Å². The van der Waals surface area contributed by atoms with E-state index in [1.165, 1.54) is 0 Å². The molecule has 0 saturated carbocycles. The smallest absolute Gasteiger partial charge is 0.251 e. The van der Waals surface area contributed by atoms with Gasteiger partial charge in [-0.05, 0) is 52.1 Å². The van der Waals surface area contributed by atoms with Crippen molar-refractivity contribution in [2.24, 2.45) is 0 Å². The lowest BCUT2D eigenvalue weighted by Crippen LogP contribution is -2.40. The maximum atomic E-state index is 11.9. The highest BCUT2D eigenvalue weighted by Gasteiger charge is 2.15. The fraction of sp³-hybridized carbons (Fsp3) is 0.467. The van der Waals surface area contributed by atoms with E-state index in [0.29, 0.717) is 24.2 Å². The van der Waals surface area contributed by atoms with E-state index in [9.17, 15) is 9.59 Å². The van der Waals surface area contributed by atoms with Crippen molar-refractivity contribution >= 4 is 17.5 Å². The molecule has 0 aliphatic heterocycles. The molecule has 20 heavy (non-hydrogen) atoms. The van der Waals surface area contributed by atoms with E-state index in [0.717, 1.165) is 0 Å². The molecule has 0 unspecified atom stereocenters. The Balaban J connectivity index is 2.60. The van der Waals surface area contributed by atoms with Gasteiger partial charge >= 0.3 is 0 Å². The molecule has 1 rings (SSSR count). The van der Waals surface area contributed by atoms with Crippen LogP contribution in [-0.2, 0) is 4.79 Å². The first-order valence-corrected chi connectivity index (χ1v) is 6.69. The van der Waals surface area contributed by atoms with Crippen LogP contribution in [0.1, 0.15) is 37.6 Å². The third-order valence-electron chi connectivity index (χ3n) is 2.52. The highest BCUT2D eigenvalue weighted by Crippen LogP contribution is 2.11. The van der Waals surface area contributed by atoms with Crippen LogP contribution in [0.25, 0.3) is 0 Å². The van der Waals surface area contributed by atoms with Crippen LogP contribution in [0.5, 0.6) is 0 Å². The molecule has 0 aromatic heterocycles. The van der Waals surface area contributed by atoms with Gasteiger partial charge < -0.3 is 16.0 Å². The third kappa shape index (κ3) is 5.84. The minimum absolute atomic E-state index is 0.0498. The Morgan fingerprint density at radius 2 is 1.70 bits per heavy atom. The zero-order chi connectivity index (χ0) is 15.2. The lowest BCUT2D eigenvalue weighted by atomic mass is 10.1. The van der Waals surface area contributed by atoms with Gasteiger partial charge in [-0.2, -0.15) is 0 Å². The van der Waals surface area contributed by atoms with Gasteiger partial charge in [0.05, 0.1) is 0 Å². The van der Waals surface area contributed by atoms with Crippen LogP contribution in [0, 0.1) is 0 Å². The summed E-state index contributed by atoms with van der Waals surface area (Å²) in [6.45, 7) is 6.43. The second-order valence-electron chi connectivity index (χ2n) is 5.68. The molecule has 0 aliphatic carbocycles. The summed E-state index contributed by atoms with van der Waals surface area (Å²) < 4.78 is 0. The second kappa shape index (κ2) is 7.05. The zero-order valence-electron chi connectivity index (χ0n) is 12.5. The van der Waals surface area contributed by atoms with E-state index in [1.54, 1.807) is 31.3 Å². The average molecular weight is 277 g/mol. The van der Waals surface area contributed by atoms with Crippen molar-refractivity contribution in [2.75, 3.05) is 18.9 Å². The van der Waals surface area contributed by atoms with Gasteiger partial charge in [-0.15, -0.1) is 0 Å². The van der Waals surface area contributed by atoms with Crippen LogP contribution in [0.2, 0.25) is 0 Å². The van der Waals surface area contributed by atoms with Gasteiger partial charge in [0, 0.05) is 29.8 Å². The Morgan fingerprint density at radius 1 is 1.10 bits per heavy atom. The summed E-state index contributed by atoms with van der Waals surface area (Å²) in [5, 5.41) is 8.59. The molecule has 0 bridgehead atoms. The number of carbonyl (C=O) groups is 2. The number of amides is 2. The number of anilines is 1. The fourth-order valence-corrected chi connectivity index (χ4v) is 1.58. The minimum atomic E-state index is -0.267. The third-order valence-corrected chi connectivity index (χ3v) is 2.52. The molecule has 3 N–H and O–H groups in total. The van der Waals surface area contributed by atoms with Crippen molar-refractivity contribution in [3.63, 3.8) is 0 Å². The molecule has 0 aliphatic rings. The Labute approximate surface area is 120 Å². The number of hydrogen-bond donors (Lipinski definition) is 3. The number of benzene rings is 1. The van der Waals surface area contributed by atoms with E-state index < -0.39 is 0 Å². The SMILES string of the molecule is CNCCC(=O)Nc1ccc(C(=O)NC(C)(C)C)cc1. The van der Waals surface area contributed by atoms with E-state index in [4.69, 9.17) is 0 Å². The van der Waals surface area contributed by atoms with Crippen LogP contribution in [-0.4, -0.2) is 30.9 Å². The number of carbonyl (C=O) groups excluding carboxylic acids is 2. The van der Waals surface area contributed by atoms with E-state index in [1.807, 2.05) is 20.8 Å². The Bertz CT molecular complexity index is 461.